The molecule has 1 amide bonds. The number of halogens is 1. The number of carbonyl (C=O) groups excluding carboxylic acids is 1. The van der Waals surface area contributed by atoms with E-state index in [9.17, 15) is 9.18 Å². The fourth-order valence-electron chi connectivity index (χ4n) is 2.31. The minimum atomic E-state index is -0.394. The Morgan fingerprint density at radius 2 is 2.33 bits per heavy atom. The van der Waals surface area contributed by atoms with Crippen LogP contribution in [0.3, 0.4) is 0 Å². The van der Waals surface area contributed by atoms with Crippen LogP contribution >= 0.6 is 0 Å². The van der Waals surface area contributed by atoms with Crippen LogP contribution in [0.4, 0.5) is 4.39 Å². The number of benzene rings is 1. The summed E-state index contributed by atoms with van der Waals surface area (Å²) in [5, 5.41) is 2.80. The third kappa shape index (κ3) is 5.34. The van der Waals surface area contributed by atoms with Crippen LogP contribution in [-0.4, -0.2) is 31.3 Å². The van der Waals surface area contributed by atoms with Crippen molar-refractivity contribution in [2.45, 2.75) is 44.8 Å². The first kappa shape index (κ1) is 15.8. The second kappa shape index (κ2) is 7.98. The monoisotopic (exact) mass is 295 g/mol. The van der Waals surface area contributed by atoms with Crippen molar-refractivity contribution in [1.29, 1.82) is 0 Å². The molecule has 0 bridgehead atoms. The Labute approximate surface area is 124 Å². The van der Waals surface area contributed by atoms with Gasteiger partial charge < -0.3 is 14.8 Å². The maximum atomic E-state index is 13.4. The first-order valence-corrected chi connectivity index (χ1v) is 7.44. The second-order valence-corrected chi connectivity index (χ2v) is 5.34. The molecule has 2 rings (SSSR count). The number of amides is 1. The molecule has 1 aliphatic heterocycles. The molecular formula is C16H22FNO3. The Hall–Kier alpha value is -1.62. The van der Waals surface area contributed by atoms with Gasteiger partial charge in [0.25, 0.3) is 0 Å². The summed E-state index contributed by atoms with van der Waals surface area (Å²) in [6.45, 7) is 2.96. The van der Waals surface area contributed by atoms with Gasteiger partial charge in [0, 0.05) is 13.0 Å². The summed E-state index contributed by atoms with van der Waals surface area (Å²) in [6, 6.07) is 6.25. The van der Waals surface area contributed by atoms with Crippen LogP contribution in [0.25, 0.3) is 0 Å². The summed E-state index contributed by atoms with van der Waals surface area (Å²) in [7, 11) is 0. The van der Waals surface area contributed by atoms with E-state index in [0.29, 0.717) is 13.0 Å². The normalized spacial score (nSPS) is 19.2. The molecule has 116 valence electrons. The Morgan fingerprint density at radius 1 is 1.52 bits per heavy atom. The van der Waals surface area contributed by atoms with E-state index < -0.39 is 5.82 Å². The van der Waals surface area contributed by atoms with Gasteiger partial charge in [-0.25, -0.2) is 4.39 Å². The number of nitrogens with one attached hydrogen (secondary N) is 1. The highest BCUT2D eigenvalue weighted by atomic mass is 19.1. The van der Waals surface area contributed by atoms with E-state index in [2.05, 4.69) is 5.32 Å². The molecule has 0 unspecified atom stereocenters. The largest absolute Gasteiger partial charge is 0.486 e. The van der Waals surface area contributed by atoms with Crippen molar-refractivity contribution in [3.8, 4) is 5.75 Å². The Balaban J connectivity index is 1.65. The first-order valence-electron chi connectivity index (χ1n) is 7.44. The molecule has 21 heavy (non-hydrogen) atoms. The molecule has 0 aromatic heterocycles. The molecule has 1 N–H and O–H groups in total. The molecule has 4 nitrogen and oxygen atoms in total. The number of carbonyl (C=O) groups is 1. The topological polar surface area (TPSA) is 47.6 Å². The molecule has 0 aliphatic carbocycles. The van der Waals surface area contributed by atoms with Crippen LogP contribution < -0.4 is 10.1 Å². The minimum absolute atomic E-state index is 0.0190. The van der Waals surface area contributed by atoms with Gasteiger partial charge in [0.05, 0.1) is 12.6 Å². The average Bonchev–Trinajstić information content (AvgIpc) is 2.99. The minimum Gasteiger partial charge on any atom is -0.486 e. The molecule has 1 heterocycles. The summed E-state index contributed by atoms with van der Waals surface area (Å²) in [6.07, 6.45) is 3.28. The predicted octanol–water partition coefficient (Wildman–Crippen LogP) is 2.67. The summed E-state index contributed by atoms with van der Waals surface area (Å²) in [4.78, 5) is 11.7. The molecule has 1 saturated heterocycles. The van der Waals surface area contributed by atoms with Gasteiger partial charge in [0.1, 0.15) is 6.10 Å². The van der Waals surface area contributed by atoms with Crippen molar-refractivity contribution in [1.82, 2.24) is 5.32 Å². The van der Waals surface area contributed by atoms with Crippen LogP contribution in [0.2, 0.25) is 0 Å². The van der Waals surface area contributed by atoms with E-state index in [1.165, 1.54) is 6.07 Å². The van der Waals surface area contributed by atoms with Gasteiger partial charge in [-0.05, 0) is 38.3 Å². The van der Waals surface area contributed by atoms with E-state index in [1.54, 1.807) is 25.1 Å². The molecule has 2 atom stereocenters. The molecule has 1 aromatic carbocycles. The van der Waals surface area contributed by atoms with Gasteiger partial charge in [-0.15, -0.1) is 0 Å². The van der Waals surface area contributed by atoms with E-state index in [0.717, 1.165) is 25.9 Å². The van der Waals surface area contributed by atoms with Crippen LogP contribution in [0.15, 0.2) is 24.3 Å². The van der Waals surface area contributed by atoms with Crippen molar-refractivity contribution in [3.63, 3.8) is 0 Å². The Morgan fingerprint density at radius 3 is 3.05 bits per heavy atom. The van der Waals surface area contributed by atoms with Gasteiger partial charge in [-0.2, -0.15) is 0 Å². The molecule has 1 aromatic rings. The van der Waals surface area contributed by atoms with Gasteiger partial charge in [-0.3, -0.25) is 4.79 Å². The lowest BCUT2D eigenvalue weighted by atomic mass is 10.1. The standard InChI is InChI=1S/C16H22FNO3/c1-12(21-15-7-3-2-6-14(15)17)11-18-16(19)9-8-13-5-4-10-20-13/h2-3,6-7,12-13H,4-5,8-11H2,1H3,(H,18,19)/t12-,13-/m1/s1. The molecule has 5 heteroatoms. The molecular weight excluding hydrogens is 273 g/mol. The molecule has 0 saturated carbocycles. The van der Waals surface area contributed by atoms with E-state index in [-0.39, 0.29) is 23.9 Å². The highest BCUT2D eigenvalue weighted by molar-refractivity contribution is 5.75. The zero-order valence-corrected chi connectivity index (χ0v) is 12.3. The number of hydrogen-bond donors (Lipinski definition) is 1. The summed E-state index contributed by atoms with van der Waals surface area (Å²) >= 11 is 0. The maximum Gasteiger partial charge on any atom is 0.220 e. The van der Waals surface area contributed by atoms with Crippen molar-refractivity contribution >= 4 is 5.91 Å². The molecule has 0 spiro atoms. The van der Waals surface area contributed by atoms with E-state index in [1.807, 2.05) is 0 Å². The van der Waals surface area contributed by atoms with Crippen molar-refractivity contribution in [3.05, 3.63) is 30.1 Å². The van der Waals surface area contributed by atoms with E-state index >= 15 is 0 Å². The summed E-state index contributed by atoms with van der Waals surface area (Å²) in [5.41, 5.74) is 0. The van der Waals surface area contributed by atoms with Crippen molar-refractivity contribution < 1.29 is 18.7 Å². The zero-order valence-electron chi connectivity index (χ0n) is 12.3. The lowest BCUT2D eigenvalue weighted by Crippen LogP contribution is -2.34. The quantitative estimate of drug-likeness (QED) is 0.841. The lowest BCUT2D eigenvalue weighted by Gasteiger charge is -2.16. The Kier molecular flexibility index (Phi) is 5.99. The highest BCUT2D eigenvalue weighted by Crippen LogP contribution is 2.17. The van der Waals surface area contributed by atoms with Gasteiger partial charge in [0.2, 0.25) is 5.91 Å². The number of para-hydroxylation sites is 1. The van der Waals surface area contributed by atoms with Crippen LogP contribution in [0, 0.1) is 5.82 Å². The third-order valence-electron chi connectivity index (χ3n) is 3.47. The van der Waals surface area contributed by atoms with Gasteiger partial charge in [-0.1, -0.05) is 12.1 Å². The summed E-state index contributed by atoms with van der Waals surface area (Å²) < 4.78 is 24.3. The number of rotatable bonds is 7. The van der Waals surface area contributed by atoms with Gasteiger partial charge >= 0.3 is 0 Å². The Bertz CT molecular complexity index is 461. The van der Waals surface area contributed by atoms with Crippen LogP contribution in [0.1, 0.15) is 32.6 Å². The van der Waals surface area contributed by atoms with E-state index in [4.69, 9.17) is 9.47 Å². The average molecular weight is 295 g/mol. The fraction of sp³-hybridized carbons (Fsp3) is 0.562. The third-order valence-corrected chi connectivity index (χ3v) is 3.47. The first-order chi connectivity index (χ1) is 10.1. The van der Waals surface area contributed by atoms with Crippen molar-refractivity contribution in [2.75, 3.05) is 13.2 Å². The number of hydrogen-bond acceptors (Lipinski definition) is 3. The van der Waals surface area contributed by atoms with Crippen molar-refractivity contribution in [2.24, 2.45) is 0 Å². The zero-order chi connectivity index (χ0) is 15.1. The highest BCUT2D eigenvalue weighted by Gasteiger charge is 2.17. The molecule has 1 aliphatic rings. The molecule has 1 fully saturated rings. The van der Waals surface area contributed by atoms with Crippen LogP contribution in [0.5, 0.6) is 5.75 Å². The second-order valence-electron chi connectivity index (χ2n) is 5.34. The maximum absolute atomic E-state index is 13.4. The van der Waals surface area contributed by atoms with Crippen LogP contribution in [-0.2, 0) is 9.53 Å². The lowest BCUT2D eigenvalue weighted by molar-refractivity contribution is -0.122. The predicted molar refractivity (Wildman–Crippen MR) is 77.7 cm³/mol. The smallest absolute Gasteiger partial charge is 0.220 e. The van der Waals surface area contributed by atoms with Gasteiger partial charge in [0.15, 0.2) is 11.6 Å². The summed E-state index contributed by atoms with van der Waals surface area (Å²) in [5.74, 6) is -0.206. The SMILES string of the molecule is C[C@H](CNC(=O)CC[C@H]1CCCO1)Oc1ccccc1F. The fourth-order valence-corrected chi connectivity index (χ4v) is 2.31. The number of ether oxygens (including phenoxy) is 2. The molecule has 0 radical (unpaired) electrons.